The third kappa shape index (κ3) is 2.64. The van der Waals surface area contributed by atoms with Gasteiger partial charge in [0.2, 0.25) is 5.91 Å². The van der Waals surface area contributed by atoms with E-state index in [4.69, 9.17) is 4.74 Å². The van der Waals surface area contributed by atoms with Gasteiger partial charge < -0.3 is 15.4 Å². The lowest BCUT2D eigenvalue weighted by Gasteiger charge is -2.16. The van der Waals surface area contributed by atoms with Gasteiger partial charge in [-0.15, -0.1) is 0 Å². The molecule has 0 radical (unpaired) electrons. The summed E-state index contributed by atoms with van der Waals surface area (Å²) >= 11 is 0. The van der Waals surface area contributed by atoms with Crippen molar-refractivity contribution in [2.45, 2.75) is 13.8 Å². The van der Waals surface area contributed by atoms with Crippen LogP contribution < -0.4 is 15.4 Å². The summed E-state index contributed by atoms with van der Waals surface area (Å²) in [6, 6.07) is 5.70. The molecule has 1 aromatic rings. The molecule has 1 fully saturated rings. The zero-order valence-electron chi connectivity index (χ0n) is 11.1. The van der Waals surface area contributed by atoms with Gasteiger partial charge in [-0.05, 0) is 31.0 Å². The molecule has 1 aliphatic heterocycles. The quantitative estimate of drug-likeness (QED) is 0.857. The molecule has 1 heterocycles. The number of nitrogens with one attached hydrogen (secondary N) is 2. The summed E-state index contributed by atoms with van der Waals surface area (Å²) in [5.41, 5.74) is 1.88. The molecule has 1 saturated heterocycles. The Balaban J connectivity index is 2.11. The van der Waals surface area contributed by atoms with Crippen LogP contribution in [0.5, 0.6) is 5.75 Å². The van der Waals surface area contributed by atoms with E-state index in [0.29, 0.717) is 5.92 Å². The van der Waals surface area contributed by atoms with Gasteiger partial charge in [-0.3, -0.25) is 4.79 Å². The summed E-state index contributed by atoms with van der Waals surface area (Å²) in [7, 11) is 1.62. The second-order valence-electron chi connectivity index (χ2n) is 4.91. The summed E-state index contributed by atoms with van der Waals surface area (Å²) in [6.45, 7) is 5.75. The van der Waals surface area contributed by atoms with E-state index >= 15 is 0 Å². The Kier molecular flexibility index (Phi) is 3.87. The van der Waals surface area contributed by atoms with Crippen molar-refractivity contribution in [1.82, 2.24) is 5.32 Å². The predicted octanol–water partition coefficient (Wildman–Crippen LogP) is 1.80. The average Bonchev–Trinajstić information content (AvgIpc) is 2.78. The number of carbonyl (C=O) groups is 1. The minimum Gasteiger partial charge on any atom is -0.497 e. The van der Waals surface area contributed by atoms with Gasteiger partial charge in [-0.25, -0.2) is 0 Å². The largest absolute Gasteiger partial charge is 0.497 e. The molecule has 0 aliphatic carbocycles. The van der Waals surface area contributed by atoms with Crippen LogP contribution in [0.15, 0.2) is 18.2 Å². The number of hydrogen-bond acceptors (Lipinski definition) is 3. The highest BCUT2D eigenvalue weighted by Gasteiger charge is 2.29. The Morgan fingerprint density at radius 2 is 2.22 bits per heavy atom. The summed E-state index contributed by atoms with van der Waals surface area (Å²) in [6.07, 6.45) is 0. The van der Waals surface area contributed by atoms with E-state index in [9.17, 15) is 4.79 Å². The minimum absolute atomic E-state index is 0.0515. The van der Waals surface area contributed by atoms with Crippen molar-refractivity contribution in [3.05, 3.63) is 23.8 Å². The van der Waals surface area contributed by atoms with E-state index in [0.717, 1.165) is 30.1 Å². The molecule has 98 valence electrons. The van der Waals surface area contributed by atoms with Crippen LogP contribution in [0.1, 0.15) is 12.5 Å². The Hall–Kier alpha value is -1.55. The van der Waals surface area contributed by atoms with E-state index in [1.165, 1.54) is 0 Å². The van der Waals surface area contributed by atoms with E-state index in [1.807, 2.05) is 25.1 Å². The van der Waals surface area contributed by atoms with E-state index in [1.54, 1.807) is 7.11 Å². The number of amides is 1. The molecular formula is C14H20N2O2. The van der Waals surface area contributed by atoms with Crippen molar-refractivity contribution < 1.29 is 9.53 Å². The fourth-order valence-electron chi connectivity index (χ4n) is 2.25. The van der Waals surface area contributed by atoms with Crippen molar-refractivity contribution in [3.63, 3.8) is 0 Å². The molecule has 2 rings (SSSR count). The number of rotatable bonds is 3. The first-order valence-electron chi connectivity index (χ1n) is 6.28. The number of methoxy groups -OCH3 is 1. The molecule has 1 amide bonds. The van der Waals surface area contributed by atoms with Gasteiger partial charge in [-0.2, -0.15) is 0 Å². The molecule has 1 aromatic carbocycles. The Morgan fingerprint density at radius 3 is 2.83 bits per heavy atom. The molecule has 0 saturated carbocycles. The topological polar surface area (TPSA) is 50.4 Å². The summed E-state index contributed by atoms with van der Waals surface area (Å²) in [5.74, 6) is 1.28. The molecule has 0 unspecified atom stereocenters. The lowest BCUT2D eigenvalue weighted by Crippen LogP contribution is -2.28. The molecule has 2 atom stereocenters. The maximum Gasteiger partial charge on any atom is 0.229 e. The van der Waals surface area contributed by atoms with Gasteiger partial charge in [0.05, 0.1) is 13.0 Å². The standard InChI is InChI=1S/C14H20N2O2/c1-9-4-5-11(18-3)6-13(9)16-14(17)12-8-15-7-10(12)2/h4-6,10,12,15H,7-8H2,1-3H3,(H,16,17)/t10-,12-/m1/s1. The molecule has 0 bridgehead atoms. The first kappa shape index (κ1) is 12.9. The molecule has 2 N–H and O–H groups in total. The maximum atomic E-state index is 12.2. The number of aryl methyl sites for hydroxylation is 1. The molecule has 0 spiro atoms. The molecule has 0 aromatic heterocycles. The van der Waals surface area contributed by atoms with Gasteiger partial charge in [0.25, 0.3) is 0 Å². The van der Waals surface area contributed by atoms with E-state index in [-0.39, 0.29) is 11.8 Å². The number of benzene rings is 1. The van der Waals surface area contributed by atoms with Gasteiger partial charge >= 0.3 is 0 Å². The van der Waals surface area contributed by atoms with E-state index < -0.39 is 0 Å². The Labute approximate surface area is 108 Å². The highest BCUT2D eigenvalue weighted by molar-refractivity contribution is 5.94. The first-order valence-corrected chi connectivity index (χ1v) is 6.28. The third-order valence-corrected chi connectivity index (χ3v) is 3.56. The second-order valence-corrected chi connectivity index (χ2v) is 4.91. The maximum absolute atomic E-state index is 12.2. The van der Waals surface area contributed by atoms with Crippen LogP contribution in [0.2, 0.25) is 0 Å². The van der Waals surface area contributed by atoms with Crippen molar-refractivity contribution in [2.75, 3.05) is 25.5 Å². The lowest BCUT2D eigenvalue weighted by molar-refractivity contribution is -0.120. The van der Waals surface area contributed by atoms with Gasteiger partial charge in [0.15, 0.2) is 0 Å². The van der Waals surface area contributed by atoms with Crippen molar-refractivity contribution >= 4 is 11.6 Å². The van der Waals surface area contributed by atoms with Crippen LogP contribution >= 0.6 is 0 Å². The summed E-state index contributed by atoms with van der Waals surface area (Å²) in [5, 5.41) is 6.24. The van der Waals surface area contributed by atoms with Gasteiger partial charge in [0.1, 0.15) is 5.75 Å². The molecular weight excluding hydrogens is 228 g/mol. The average molecular weight is 248 g/mol. The van der Waals surface area contributed by atoms with Crippen LogP contribution in [0, 0.1) is 18.8 Å². The lowest BCUT2D eigenvalue weighted by atomic mass is 9.97. The number of carbonyl (C=O) groups excluding carboxylic acids is 1. The fourth-order valence-corrected chi connectivity index (χ4v) is 2.25. The van der Waals surface area contributed by atoms with Gasteiger partial charge in [-0.1, -0.05) is 13.0 Å². The molecule has 18 heavy (non-hydrogen) atoms. The van der Waals surface area contributed by atoms with Crippen LogP contribution in [0.3, 0.4) is 0 Å². The number of anilines is 1. The SMILES string of the molecule is COc1ccc(C)c(NC(=O)[C@@H]2CNC[C@H]2C)c1. The fraction of sp³-hybridized carbons (Fsp3) is 0.500. The zero-order valence-corrected chi connectivity index (χ0v) is 11.1. The second kappa shape index (κ2) is 5.40. The third-order valence-electron chi connectivity index (χ3n) is 3.56. The monoisotopic (exact) mass is 248 g/mol. The highest BCUT2D eigenvalue weighted by atomic mass is 16.5. The minimum atomic E-state index is 0.0515. The van der Waals surface area contributed by atoms with Crippen LogP contribution in [-0.2, 0) is 4.79 Å². The molecule has 1 aliphatic rings. The molecule has 4 nitrogen and oxygen atoms in total. The number of ether oxygens (including phenoxy) is 1. The first-order chi connectivity index (χ1) is 8.61. The zero-order chi connectivity index (χ0) is 13.1. The van der Waals surface area contributed by atoms with Crippen LogP contribution in [-0.4, -0.2) is 26.1 Å². The Morgan fingerprint density at radius 1 is 1.44 bits per heavy atom. The smallest absolute Gasteiger partial charge is 0.229 e. The normalized spacial score (nSPS) is 22.8. The molecule has 4 heteroatoms. The van der Waals surface area contributed by atoms with Crippen LogP contribution in [0.25, 0.3) is 0 Å². The Bertz CT molecular complexity index is 445. The van der Waals surface area contributed by atoms with Crippen molar-refractivity contribution in [2.24, 2.45) is 11.8 Å². The highest BCUT2D eigenvalue weighted by Crippen LogP contribution is 2.24. The summed E-state index contributed by atoms with van der Waals surface area (Å²) in [4.78, 5) is 12.2. The van der Waals surface area contributed by atoms with Gasteiger partial charge in [0, 0.05) is 18.3 Å². The van der Waals surface area contributed by atoms with Crippen LogP contribution in [0.4, 0.5) is 5.69 Å². The number of hydrogen-bond donors (Lipinski definition) is 2. The summed E-state index contributed by atoms with van der Waals surface area (Å²) < 4.78 is 5.17. The van der Waals surface area contributed by atoms with Crippen molar-refractivity contribution in [3.8, 4) is 5.75 Å². The van der Waals surface area contributed by atoms with E-state index in [2.05, 4.69) is 17.6 Å². The predicted molar refractivity (Wildman–Crippen MR) is 71.9 cm³/mol. The van der Waals surface area contributed by atoms with Crippen molar-refractivity contribution in [1.29, 1.82) is 0 Å².